The number of hydrogen-bond donors (Lipinski definition) is 2. The normalized spacial score (nSPS) is 12.0. The van der Waals surface area contributed by atoms with Crippen LogP contribution in [0.1, 0.15) is 29.8 Å². The molecule has 0 aliphatic rings. The molecule has 0 saturated heterocycles. The summed E-state index contributed by atoms with van der Waals surface area (Å²) in [5.74, 6) is 1.19. The van der Waals surface area contributed by atoms with Gasteiger partial charge in [-0.1, -0.05) is 17.7 Å². The average molecular weight is 503 g/mol. The zero-order chi connectivity index (χ0) is 24.4. The molecule has 5 aromatic rings. The summed E-state index contributed by atoms with van der Waals surface area (Å²) in [6, 6.07) is 14.8. The SMILES string of the molecule is Cc1cscc1-c1ccnc(NC(C)c2cc3cc(Cl)c(OCc4ccccn4)cc3[nH]c2=O)c1. The van der Waals surface area contributed by atoms with E-state index in [1.54, 1.807) is 35.9 Å². The first-order valence-corrected chi connectivity index (χ1v) is 12.4. The highest BCUT2D eigenvalue weighted by Gasteiger charge is 2.15. The number of nitrogens with one attached hydrogen (secondary N) is 2. The quantitative estimate of drug-likeness (QED) is 0.257. The van der Waals surface area contributed by atoms with Crippen molar-refractivity contribution in [2.45, 2.75) is 26.5 Å². The Labute approximate surface area is 211 Å². The van der Waals surface area contributed by atoms with Crippen LogP contribution in [0.4, 0.5) is 5.82 Å². The highest BCUT2D eigenvalue weighted by molar-refractivity contribution is 7.08. The Kier molecular flexibility index (Phi) is 6.53. The van der Waals surface area contributed by atoms with Crippen LogP contribution in [0.15, 0.2) is 76.5 Å². The number of rotatable bonds is 7. The van der Waals surface area contributed by atoms with E-state index in [4.69, 9.17) is 16.3 Å². The van der Waals surface area contributed by atoms with Crippen molar-refractivity contribution in [1.29, 1.82) is 0 Å². The third-order valence-electron chi connectivity index (χ3n) is 5.78. The van der Waals surface area contributed by atoms with Gasteiger partial charge in [0.1, 0.15) is 18.2 Å². The number of benzene rings is 1. The lowest BCUT2D eigenvalue weighted by Crippen LogP contribution is -2.19. The molecular formula is C27H23ClN4O2S. The Bertz CT molecular complexity index is 1550. The van der Waals surface area contributed by atoms with Crippen LogP contribution >= 0.6 is 22.9 Å². The minimum absolute atomic E-state index is 0.180. The van der Waals surface area contributed by atoms with Gasteiger partial charge in [-0.25, -0.2) is 4.98 Å². The maximum atomic E-state index is 12.9. The maximum Gasteiger partial charge on any atom is 0.253 e. The Morgan fingerprint density at radius 2 is 2.00 bits per heavy atom. The summed E-state index contributed by atoms with van der Waals surface area (Å²) in [4.78, 5) is 24.6. The molecule has 0 amide bonds. The molecule has 4 aromatic heterocycles. The van der Waals surface area contributed by atoms with Crippen molar-refractivity contribution in [3.05, 3.63) is 104 Å². The third kappa shape index (κ3) is 5.06. The Morgan fingerprint density at radius 1 is 1.11 bits per heavy atom. The zero-order valence-corrected chi connectivity index (χ0v) is 20.8. The molecule has 6 nitrogen and oxygen atoms in total. The van der Waals surface area contributed by atoms with Crippen LogP contribution in [0.5, 0.6) is 5.75 Å². The first kappa shape index (κ1) is 23.1. The van der Waals surface area contributed by atoms with E-state index in [-0.39, 0.29) is 18.2 Å². The van der Waals surface area contributed by atoms with Crippen molar-refractivity contribution in [1.82, 2.24) is 15.0 Å². The number of anilines is 1. The largest absolute Gasteiger partial charge is 0.486 e. The fraction of sp³-hybridized carbons (Fsp3) is 0.148. The van der Waals surface area contributed by atoms with Crippen molar-refractivity contribution < 1.29 is 4.74 Å². The molecule has 176 valence electrons. The van der Waals surface area contributed by atoms with E-state index in [1.807, 2.05) is 43.3 Å². The van der Waals surface area contributed by atoms with Gasteiger partial charge >= 0.3 is 0 Å². The topological polar surface area (TPSA) is 79.9 Å². The van der Waals surface area contributed by atoms with Crippen LogP contribution in [0.3, 0.4) is 0 Å². The predicted octanol–water partition coefficient (Wildman–Crippen LogP) is 6.76. The number of H-pyrrole nitrogens is 1. The van der Waals surface area contributed by atoms with Gasteiger partial charge in [0.2, 0.25) is 0 Å². The number of pyridine rings is 3. The molecule has 0 fully saturated rings. The van der Waals surface area contributed by atoms with E-state index in [9.17, 15) is 4.79 Å². The van der Waals surface area contributed by atoms with Crippen LogP contribution in [0.2, 0.25) is 5.02 Å². The molecule has 2 N–H and O–H groups in total. The molecule has 4 heterocycles. The molecule has 0 saturated carbocycles. The second kappa shape index (κ2) is 9.90. The number of thiophene rings is 1. The molecule has 0 aliphatic carbocycles. The van der Waals surface area contributed by atoms with Crippen LogP contribution in [-0.2, 0) is 6.61 Å². The standard InChI is InChI=1S/C27H23ClN4O2S/c1-16-14-35-15-22(16)18-6-8-30-26(11-18)31-17(2)21-9-19-10-23(28)25(12-24(19)32-27(21)33)34-13-20-5-3-4-7-29-20/h3-12,14-15,17H,13H2,1-2H3,(H,30,31)(H,32,33). The number of aromatic nitrogens is 3. The Balaban J connectivity index is 1.38. The molecule has 8 heteroatoms. The lowest BCUT2D eigenvalue weighted by Gasteiger charge is -2.16. The Morgan fingerprint density at radius 3 is 2.77 bits per heavy atom. The number of ether oxygens (including phenoxy) is 1. The molecule has 1 unspecified atom stereocenters. The van der Waals surface area contributed by atoms with Gasteiger partial charge in [-0.15, -0.1) is 0 Å². The number of halogens is 1. The third-order valence-corrected chi connectivity index (χ3v) is 6.94. The van der Waals surface area contributed by atoms with Gasteiger partial charge in [0.05, 0.1) is 22.3 Å². The number of fused-ring (bicyclic) bond motifs is 1. The summed E-state index contributed by atoms with van der Waals surface area (Å²) in [5, 5.41) is 8.90. The van der Waals surface area contributed by atoms with Gasteiger partial charge < -0.3 is 15.0 Å². The summed E-state index contributed by atoms with van der Waals surface area (Å²) >= 11 is 8.16. The summed E-state index contributed by atoms with van der Waals surface area (Å²) in [7, 11) is 0. The number of hydrogen-bond acceptors (Lipinski definition) is 6. The molecule has 0 bridgehead atoms. The fourth-order valence-electron chi connectivity index (χ4n) is 3.92. The minimum atomic E-state index is -0.270. The number of aryl methyl sites for hydroxylation is 1. The molecule has 35 heavy (non-hydrogen) atoms. The number of nitrogens with zero attached hydrogens (tertiary/aromatic N) is 2. The number of aromatic amines is 1. The average Bonchev–Trinajstić information content (AvgIpc) is 3.29. The van der Waals surface area contributed by atoms with E-state index in [1.165, 1.54) is 11.1 Å². The van der Waals surface area contributed by atoms with Crippen LogP contribution in [0.25, 0.3) is 22.0 Å². The molecule has 0 spiro atoms. The van der Waals surface area contributed by atoms with Crippen molar-refractivity contribution in [3.8, 4) is 16.9 Å². The summed E-state index contributed by atoms with van der Waals surface area (Å²) < 4.78 is 5.84. The smallest absolute Gasteiger partial charge is 0.253 e. The second-order valence-corrected chi connectivity index (χ2v) is 9.45. The van der Waals surface area contributed by atoms with E-state index < -0.39 is 0 Å². The van der Waals surface area contributed by atoms with Crippen molar-refractivity contribution in [2.75, 3.05) is 5.32 Å². The van der Waals surface area contributed by atoms with E-state index in [0.29, 0.717) is 27.7 Å². The maximum absolute atomic E-state index is 12.9. The van der Waals surface area contributed by atoms with E-state index in [2.05, 4.69) is 38.0 Å². The Hall–Kier alpha value is -3.68. The van der Waals surface area contributed by atoms with Crippen LogP contribution in [-0.4, -0.2) is 15.0 Å². The molecule has 1 aromatic carbocycles. The summed E-state index contributed by atoms with van der Waals surface area (Å²) in [6.45, 7) is 4.32. The van der Waals surface area contributed by atoms with Crippen LogP contribution < -0.4 is 15.6 Å². The van der Waals surface area contributed by atoms with Gasteiger partial charge in [0, 0.05) is 29.4 Å². The van der Waals surface area contributed by atoms with Crippen molar-refractivity contribution in [2.24, 2.45) is 0 Å². The molecule has 5 rings (SSSR count). The van der Waals surface area contributed by atoms with Crippen LogP contribution in [0, 0.1) is 6.92 Å². The minimum Gasteiger partial charge on any atom is -0.486 e. The lowest BCUT2D eigenvalue weighted by molar-refractivity contribution is 0.302. The van der Waals surface area contributed by atoms with E-state index >= 15 is 0 Å². The van der Waals surface area contributed by atoms with E-state index in [0.717, 1.165) is 16.6 Å². The summed E-state index contributed by atoms with van der Waals surface area (Å²) in [6.07, 6.45) is 3.49. The summed E-state index contributed by atoms with van der Waals surface area (Å²) in [5.41, 5.74) is 5.36. The second-order valence-electron chi connectivity index (χ2n) is 8.30. The first-order valence-electron chi connectivity index (χ1n) is 11.1. The fourth-order valence-corrected chi connectivity index (χ4v) is 5.01. The van der Waals surface area contributed by atoms with Crippen molar-refractivity contribution >= 4 is 39.7 Å². The predicted molar refractivity (Wildman–Crippen MR) is 142 cm³/mol. The molecule has 0 radical (unpaired) electrons. The molecule has 0 aliphatic heterocycles. The van der Waals surface area contributed by atoms with Gasteiger partial charge in [0.15, 0.2) is 0 Å². The molecule has 1 atom stereocenters. The zero-order valence-electron chi connectivity index (χ0n) is 19.2. The van der Waals surface area contributed by atoms with Gasteiger partial charge in [0.25, 0.3) is 5.56 Å². The van der Waals surface area contributed by atoms with Crippen molar-refractivity contribution in [3.63, 3.8) is 0 Å². The van der Waals surface area contributed by atoms with Gasteiger partial charge in [-0.05, 0) is 77.7 Å². The van der Waals surface area contributed by atoms with Gasteiger partial charge in [-0.3, -0.25) is 9.78 Å². The first-order chi connectivity index (χ1) is 17.0. The lowest BCUT2D eigenvalue weighted by atomic mass is 10.1. The highest BCUT2D eigenvalue weighted by atomic mass is 35.5. The monoisotopic (exact) mass is 502 g/mol. The van der Waals surface area contributed by atoms with Gasteiger partial charge in [-0.2, -0.15) is 11.3 Å². The molecular weight excluding hydrogens is 480 g/mol. The highest BCUT2D eigenvalue weighted by Crippen LogP contribution is 2.31.